The van der Waals surface area contributed by atoms with Gasteiger partial charge in [0.15, 0.2) is 0 Å². The molecule has 128 valence electrons. The van der Waals surface area contributed by atoms with Crippen molar-refractivity contribution < 1.29 is 22.7 Å². The van der Waals surface area contributed by atoms with Crippen LogP contribution in [0, 0.1) is 0 Å². The van der Waals surface area contributed by atoms with Crippen LogP contribution in [0.2, 0.25) is 0 Å². The van der Waals surface area contributed by atoms with Crippen LogP contribution in [-0.4, -0.2) is 46.2 Å². The van der Waals surface area contributed by atoms with Crippen LogP contribution in [0.25, 0.3) is 0 Å². The molecule has 0 fully saturated rings. The highest BCUT2D eigenvalue weighted by Gasteiger charge is 2.14. The standard InChI is InChI=1S/C15H22N2O5S/c1-4-11-23(20,21)16-9-10-17(12(2)18)14-7-5-13(6-8-14)15(19)22-3/h5-8,16H,4,9-11H2,1-3H3. The van der Waals surface area contributed by atoms with E-state index in [1.807, 2.05) is 0 Å². The monoisotopic (exact) mass is 342 g/mol. The fourth-order valence-electron chi connectivity index (χ4n) is 2.02. The molecular weight excluding hydrogens is 320 g/mol. The van der Waals surface area contributed by atoms with E-state index < -0.39 is 16.0 Å². The minimum absolute atomic E-state index is 0.0564. The quantitative estimate of drug-likeness (QED) is 0.716. The van der Waals surface area contributed by atoms with E-state index in [1.54, 1.807) is 31.2 Å². The van der Waals surface area contributed by atoms with E-state index in [-0.39, 0.29) is 24.7 Å². The minimum atomic E-state index is -3.31. The van der Waals surface area contributed by atoms with Gasteiger partial charge in [-0.2, -0.15) is 0 Å². The fourth-order valence-corrected chi connectivity index (χ4v) is 3.10. The van der Waals surface area contributed by atoms with Crippen LogP contribution < -0.4 is 9.62 Å². The molecule has 0 atom stereocenters. The number of carbonyl (C=O) groups excluding carboxylic acids is 2. The summed E-state index contributed by atoms with van der Waals surface area (Å²) in [5.74, 6) is -0.621. The van der Waals surface area contributed by atoms with Gasteiger partial charge in [0.25, 0.3) is 0 Å². The summed E-state index contributed by atoms with van der Waals surface area (Å²) < 4.78 is 30.3. The smallest absolute Gasteiger partial charge is 0.337 e. The molecule has 7 nitrogen and oxygen atoms in total. The molecule has 0 unspecified atom stereocenters. The summed E-state index contributed by atoms with van der Waals surface area (Å²) in [5.41, 5.74) is 0.961. The Hall–Kier alpha value is -1.93. The number of methoxy groups -OCH3 is 1. The van der Waals surface area contributed by atoms with Gasteiger partial charge in [0.05, 0.1) is 18.4 Å². The van der Waals surface area contributed by atoms with Crippen molar-refractivity contribution in [3.63, 3.8) is 0 Å². The number of amides is 1. The first kappa shape index (κ1) is 19.1. The van der Waals surface area contributed by atoms with Crippen molar-refractivity contribution in [2.24, 2.45) is 0 Å². The molecule has 0 radical (unpaired) electrons. The average Bonchev–Trinajstić information content (AvgIpc) is 2.50. The highest BCUT2D eigenvalue weighted by atomic mass is 32.2. The van der Waals surface area contributed by atoms with Crippen molar-refractivity contribution in [3.05, 3.63) is 29.8 Å². The Morgan fingerprint density at radius 3 is 2.30 bits per heavy atom. The Morgan fingerprint density at radius 2 is 1.83 bits per heavy atom. The van der Waals surface area contributed by atoms with E-state index >= 15 is 0 Å². The molecule has 0 saturated heterocycles. The molecule has 0 spiro atoms. The van der Waals surface area contributed by atoms with E-state index in [0.717, 1.165) is 0 Å². The van der Waals surface area contributed by atoms with Crippen LogP contribution >= 0.6 is 0 Å². The number of hydrogen-bond donors (Lipinski definition) is 1. The molecule has 0 aromatic heterocycles. The van der Waals surface area contributed by atoms with Crippen molar-refractivity contribution >= 4 is 27.6 Å². The van der Waals surface area contributed by atoms with Crippen LogP contribution in [0.1, 0.15) is 30.6 Å². The van der Waals surface area contributed by atoms with Gasteiger partial charge in [-0.05, 0) is 30.7 Å². The Morgan fingerprint density at radius 1 is 1.22 bits per heavy atom. The summed E-state index contributed by atoms with van der Waals surface area (Å²) in [4.78, 5) is 24.6. The van der Waals surface area contributed by atoms with Gasteiger partial charge >= 0.3 is 5.97 Å². The molecule has 23 heavy (non-hydrogen) atoms. The molecule has 0 aliphatic heterocycles. The van der Waals surface area contributed by atoms with Gasteiger partial charge < -0.3 is 9.64 Å². The summed E-state index contributed by atoms with van der Waals surface area (Å²) in [7, 11) is -2.01. The van der Waals surface area contributed by atoms with Gasteiger partial charge in [0.2, 0.25) is 15.9 Å². The first-order valence-corrected chi connectivity index (χ1v) is 8.89. The number of benzene rings is 1. The van der Waals surface area contributed by atoms with E-state index in [1.165, 1.54) is 18.9 Å². The summed E-state index contributed by atoms with van der Waals surface area (Å²) in [6.07, 6.45) is 0.529. The molecule has 0 bridgehead atoms. The number of hydrogen-bond acceptors (Lipinski definition) is 5. The molecule has 1 rings (SSSR count). The number of anilines is 1. The lowest BCUT2D eigenvalue weighted by Crippen LogP contribution is -2.38. The Labute approximate surface area is 136 Å². The summed E-state index contributed by atoms with van der Waals surface area (Å²) >= 11 is 0. The third-order valence-corrected chi connectivity index (χ3v) is 4.70. The van der Waals surface area contributed by atoms with Crippen LogP contribution in [0.15, 0.2) is 24.3 Å². The number of esters is 1. The molecular formula is C15H22N2O5S. The van der Waals surface area contributed by atoms with Gasteiger partial charge in [-0.15, -0.1) is 0 Å². The van der Waals surface area contributed by atoms with E-state index in [9.17, 15) is 18.0 Å². The number of nitrogens with one attached hydrogen (secondary N) is 1. The topological polar surface area (TPSA) is 92.8 Å². The van der Waals surface area contributed by atoms with Crippen LogP contribution in [0.3, 0.4) is 0 Å². The number of rotatable bonds is 8. The van der Waals surface area contributed by atoms with Gasteiger partial charge in [0.1, 0.15) is 0 Å². The lowest BCUT2D eigenvalue weighted by molar-refractivity contribution is -0.116. The molecule has 0 saturated carbocycles. The molecule has 8 heteroatoms. The van der Waals surface area contributed by atoms with E-state index in [2.05, 4.69) is 9.46 Å². The Bertz CT molecular complexity index is 640. The third kappa shape index (κ3) is 5.99. The molecule has 1 aromatic rings. The van der Waals surface area contributed by atoms with Gasteiger partial charge in [-0.3, -0.25) is 4.79 Å². The lowest BCUT2D eigenvalue weighted by atomic mass is 10.2. The zero-order chi connectivity index (χ0) is 17.5. The number of ether oxygens (including phenoxy) is 1. The van der Waals surface area contributed by atoms with Gasteiger partial charge in [-0.1, -0.05) is 6.92 Å². The maximum atomic E-state index is 11.8. The second kappa shape index (κ2) is 8.64. The molecule has 1 amide bonds. The summed E-state index contributed by atoms with van der Waals surface area (Å²) in [5, 5.41) is 0. The zero-order valence-corrected chi connectivity index (χ0v) is 14.4. The number of sulfonamides is 1. The predicted molar refractivity (Wildman–Crippen MR) is 87.9 cm³/mol. The molecule has 1 N–H and O–H groups in total. The highest BCUT2D eigenvalue weighted by molar-refractivity contribution is 7.89. The van der Waals surface area contributed by atoms with Gasteiger partial charge in [0, 0.05) is 25.7 Å². The minimum Gasteiger partial charge on any atom is -0.465 e. The molecule has 0 aliphatic carbocycles. The Balaban J connectivity index is 2.75. The largest absolute Gasteiger partial charge is 0.465 e. The van der Waals surface area contributed by atoms with Crippen molar-refractivity contribution in [1.29, 1.82) is 0 Å². The van der Waals surface area contributed by atoms with Crippen LogP contribution in [0.4, 0.5) is 5.69 Å². The van der Waals surface area contributed by atoms with E-state index in [0.29, 0.717) is 17.7 Å². The highest BCUT2D eigenvalue weighted by Crippen LogP contribution is 2.16. The third-order valence-electron chi connectivity index (χ3n) is 3.11. The fraction of sp³-hybridized carbons (Fsp3) is 0.467. The molecule has 0 heterocycles. The maximum Gasteiger partial charge on any atom is 0.337 e. The van der Waals surface area contributed by atoms with Crippen molar-refractivity contribution in [2.45, 2.75) is 20.3 Å². The average molecular weight is 342 g/mol. The lowest BCUT2D eigenvalue weighted by Gasteiger charge is -2.21. The van der Waals surface area contributed by atoms with Crippen molar-refractivity contribution in [3.8, 4) is 0 Å². The van der Waals surface area contributed by atoms with Crippen LogP contribution in [0.5, 0.6) is 0 Å². The van der Waals surface area contributed by atoms with E-state index in [4.69, 9.17) is 0 Å². The van der Waals surface area contributed by atoms with Crippen molar-refractivity contribution in [1.82, 2.24) is 4.72 Å². The maximum absolute atomic E-state index is 11.8. The number of carbonyl (C=O) groups is 2. The SMILES string of the molecule is CCCS(=O)(=O)NCCN(C(C)=O)c1ccc(C(=O)OC)cc1. The predicted octanol–water partition coefficient (Wildman–Crippen LogP) is 1.16. The normalized spacial score (nSPS) is 11.1. The zero-order valence-electron chi connectivity index (χ0n) is 13.5. The van der Waals surface area contributed by atoms with Gasteiger partial charge in [-0.25, -0.2) is 17.9 Å². The second-order valence-corrected chi connectivity index (χ2v) is 6.85. The summed E-state index contributed by atoms with van der Waals surface area (Å²) in [6.45, 7) is 3.51. The molecule has 0 aliphatic rings. The second-order valence-electron chi connectivity index (χ2n) is 4.92. The molecule has 1 aromatic carbocycles. The number of nitrogens with zero attached hydrogens (tertiary/aromatic N) is 1. The Kier molecular flexibility index (Phi) is 7.18. The van der Waals surface area contributed by atoms with Crippen molar-refractivity contribution in [2.75, 3.05) is 30.9 Å². The summed E-state index contributed by atoms with van der Waals surface area (Å²) in [6, 6.07) is 6.35. The first-order chi connectivity index (χ1) is 10.8. The van der Waals surface area contributed by atoms with Crippen LogP contribution in [-0.2, 0) is 19.6 Å². The first-order valence-electron chi connectivity index (χ1n) is 7.24.